The Hall–Kier alpha value is -1.66. The van der Waals surface area contributed by atoms with E-state index >= 15 is 0 Å². The number of halogens is 1. The van der Waals surface area contributed by atoms with E-state index in [1.54, 1.807) is 0 Å². The molecule has 0 radical (unpaired) electrons. The van der Waals surface area contributed by atoms with Gasteiger partial charge in [-0.2, -0.15) is 0 Å². The molecular formula is C22H30BrN3O2. The molecule has 1 N–H and O–H groups in total. The highest BCUT2D eigenvalue weighted by atomic mass is 79.9. The number of benzene rings is 1. The van der Waals surface area contributed by atoms with Gasteiger partial charge in [-0.05, 0) is 36.8 Å². The first-order valence-electron chi connectivity index (χ1n) is 10.1. The fraction of sp³-hybridized carbons (Fsp3) is 0.545. The molecule has 2 heterocycles. The van der Waals surface area contributed by atoms with Gasteiger partial charge in [0.2, 0.25) is 5.91 Å². The molecule has 0 unspecified atom stereocenters. The van der Waals surface area contributed by atoms with Crippen LogP contribution >= 0.6 is 15.9 Å². The van der Waals surface area contributed by atoms with Crippen LogP contribution in [-0.2, 0) is 11.3 Å². The van der Waals surface area contributed by atoms with Crippen LogP contribution in [0.1, 0.15) is 46.2 Å². The van der Waals surface area contributed by atoms with Crippen molar-refractivity contribution in [3.63, 3.8) is 0 Å². The highest BCUT2D eigenvalue weighted by Gasteiger charge is 2.35. The Bertz CT molecular complexity index is 785. The minimum absolute atomic E-state index is 0.115. The Labute approximate surface area is 176 Å². The average molecular weight is 448 g/mol. The third-order valence-electron chi connectivity index (χ3n) is 5.05. The molecule has 3 rings (SSSR count). The number of amides is 1. The molecule has 1 aromatic carbocycles. The summed E-state index contributed by atoms with van der Waals surface area (Å²) >= 11 is 3.45. The van der Waals surface area contributed by atoms with Gasteiger partial charge in [-0.15, -0.1) is 0 Å². The molecule has 0 spiro atoms. The van der Waals surface area contributed by atoms with Gasteiger partial charge >= 0.3 is 0 Å². The SMILES string of the molecule is CC(C)C[C@H]1CN(Cc2cc(-c3ccc(Br)cc3)on2)[C@@H](CC(C)C)C(=O)N1. The average Bonchev–Trinajstić information content (AvgIpc) is 3.06. The fourth-order valence-corrected chi connectivity index (χ4v) is 4.11. The minimum atomic E-state index is -0.115. The van der Waals surface area contributed by atoms with Crippen LogP contribution in [0.3, 0.4) is 0 Å². The van der Waals surface area contributed by atoms with E-state index in [4.69, 9.17) is 4.52 Å². The first-order chi connectivity index (χ1) is 13.3. The maximum absolute atomic E-state index is 12.8. The zero-order chi connectivity index (χ0) is 20.3. The highest BCUT2D eigenvalue weighted by molar-refractivity contribution is 9.10. The zero-order valence-electron chi connectivity index (χ0n) is 17.1. The smallest absolute Gasteiger partial charge is 0.237 e. The number of carbonyl (C=O) groups is 1. The molecule has 1 saturated heterocycles. The van der Waals surface area contributed by atoms with Crippen LogP contribution in [0.25, 0.3) is 11.3 Å². The number of nitrogens with zero attached hydrogens (tertiary/aromatic N) is 2. The first kappa shape index (κ1) is 21.1. The summed E-state index contributed by atoms with van der Waals surface area (Å²) in [6.45, 7) is 10.2. The predicted octanol–water partition coefficient (Wildman–Crippen LogP) is 4.87. The van der Waals surface area contributed by atoms with Crippen LogP contribution in [0.4, 0.5) is 0 Å². The van der Waals surface area contributed by atoms with Crippen molar-refractivity contribution in [2.75, 3.05) is 6.54 Å². The van der Waals surface area contributed by atoms with Gasteiger partial charge in [-0.1, -0.05) is 60.9 Å². The number of carbonyl (C=O) groups excluding carboxylic acids is 1. The summed E-state index contributed by atoms with van der Waals surface area (Å²) in [5.74, 6) is 1.89. The zero-order valence-corrected chi connectivity index (χ0v) is 18.7. The third-order valence-corrected chi connectivity index (χ3v) is 5.58. The molecule has 5 nitrogen and oxygen atoms in total. The first-order valence-corrected chi connectivity index (χ1v) is 10.9. The topological polar surface area (TPSA) is 58.4 Å². The number of hydrogen-bond acceptors (Lipinski definition) is 4. The van der Waals surface area contributed by atoms with Crippen molar-refractivity contribution in [2.24, 2.45) is 11.8 Å². The number of aromatic nitrogens is 1. The van der Waals surface area contributed by atoms with Gasteiger partial charge in [0, 0.05) is 35.2 Å². The number of rotatable bonds is 7. The van der Waals surface area contributed by atoms with Gasteiger partial charge in [0.15, 0.2) is 5.76 Å². The second-order valence-electron chi connectivity index (χ2n) is 8.60. The molecule has 1 fully saturated rings. The molecule has 0 saturated carbocycles. The number of nitrogens with one attached hydrogen (secondary N) is 1. The van der Waals surface area contributed by atoms with Crippen LogP contribution < -0.4 is 5.32 Å². The molecule has 152 valence electrons. The summed E-state index contributed by atoms with van der Waals surface area (Å²) in [7, 11) is 0. The van der Waals surface area contributed by atoms with Crippen LogP contribution in [0.15, 0.2) is 39.3 Å². The van der Waals surface area contributed by atoms with Crippen LogP contribution in [0, 0.1) is 11.8 Å². The van der Waals surface area contributed by atoms with Gasteiger partial charge in [-0.3, -0.25) is 9.69 Å². The molecule has 0 aliphatic carbocycles. The van der Waals surface area contributed by atoms with Crippen LogP contribution in [0.5, 0.6) is 0 Å². The Balaban J connectivity index is 1.76. The Morgan fingerprint density at radius 3 is 2.50 bits per heavy atom. The van der Waals surface area contributed by atoms with Gasteiger partial charge < -0.3 is 9.84 Å². The number of hydrogen-bond donors (Lipinski definition) is 1. The van der Waals surface area contributed by atoms with Crippen molar-refractivity contribution in [3.05, 3.63) is 40.5 Å². The van der Waals surface area contributed by atoms with Crippen molar-refractivity contribution in [1.82, 2.24) is 15.4 Å². The van der Waals surface area contributed by atoms with E-state index in [1.807, 2.05) is 30.3 Å². The predicted molar refractivity (Wildman–Crippen MR) is 115 cm³/mol. The molecule has 1 amide bonds. The molecular weight excluding hydrogens is 418 g/mol. The van der Waals surface area contributed by atoms with Crippen molar-refractivity contribution in [3.8, 4) is 11.3 Å². The molecule has 2 aromatic rings. The van der Waals surface area contributed by atoms with E-state index in [2.05, 4.69) is 59.0 Å². The number of piperazine rings is 1. The Morgan fingerprint density at radius 2 is 1.86 bits per heavy atom. The summed E-state index contributed by atoms with van der Waals surface area (Å²) in [6.07, 6.45) is 1.83. The summed E-state index contributed by atoms with van der Waals surface area (Å²) in [6, 6.07) is 10.0. The summed E-state index contributed by atoms with van der Waals surface area (Å²) in [5.41, 5.74) is 1.86. The quantitative estimate of drug-likeness (QED) is 0.657. The van der Waals surface area contributed by atoms with Gasteiger partial charge in [0.25, 0.3) is 0 Å². The summed E-state index contributed by atoms with van der Waals surface area (Å²) in [5, 5.41) is 7.50. The normalized spacial score (nSPS) is 20.8. The summed E-state index contributed by atoms with van der Waals surface area (Å²) < 4.78 is 6.60. The molecule has 6 heteroatoms. The highest BCUT2D eigenvalue weighted by Crippen LogP contribution is 2.25. The van der Waals surface area contributed by atoms with Crippen molar-refractivity contribution >= 4 is 21.8 Å². The lowest BCUT2D eigenvalue weighted by Crippen LogP contribution is -2.60. The van der Waals surface area contributed by atoms with Crippen LogP contribution in [-0.4, -0.2) is 34.6 Å². The Kier molecular flexibility index (Phi) is 6.94. The third kappa shape index (κ3) is 5.45. The molecule has 2 atom stereocenters. The van der Waals surface area contributed by atoms with Crippen molar-refractivity contribution in [2.45, 2.75) is 59.2 Å². The fourth-order valence-electron chi connectivity index (χ4n) is 3.84. The van der Waals surface area contributed by atoms with E-state index in [0.717, 1.165) is 40.9 Å². The van der Waals surface area contributed by atoms with E-state index in [-0.39, 0.29) is 18.0 Å². The monoisotopic (exact) mass is 447 g/mol. The lowest BCUT2D eigenvalue weighted by Gasteiger charge is -2.40. The van der Waals surface area contributed by atoms with Gasteiger partial charge in [-0.25, -0.2) is 0 Å². The van der Waals surface area contributed by atoms with E-state index in [9.17, 15) is 4.79 Å². The maximum Gasteiger partial charge on any atom is 0.237 e. The second kappa shape index (κ2) is 9.23. The lowest BCUT2D eigenvalue weighted by atomic mass is 9.95. The van der Waals surface area contributed by atoms with E-state index in [1.165, 1.54) is 0 Å². The second-order valence-corrected chi connectivity index (χ2v) is 9.51. The molecule has 1 aliphatic rings. The Morgan fingerprint density at radius 1 is 1.18 bits per heavy atom. The summed E-state index contributed by atoms with van der Waals surface area (Å²) in [4.78, 5) is 15.1. The standard InChI is InChI=1S/C22H30BrN3O2/c1-14(2)9-18-12-26(20(10-15(3)4)22(27)24-18)13-19-11-21(28-25-19)16-5-7-17(23)8-6-16/h5-8,11,14-15,18,20H,9-10,12-13H2,1-4H3,(H,24,27)/t18-,20-/m0/s1. The molecule has 1 aliphatic heterocycles. The minimum Gasteiger partial charge on any atom is -0.356 e. The van der Waals surface area contributed by atoms with Crippen molar-refractivity contribution in [1.29, 1.82) is 0 Å². The van der Waals surface area contributed by atoms with E-state index in [0.29, 0.717) is 18.4 Å². The molecule has 28 heavy (non-hydrogen) atoms. The van der Waals surface area contributed by atoms with E-state index < -0.39 is 0 Å². The largest absolute Gasteiger partial charge is 0.356 e. The van der Waals surface area contributed by atoms with Gasteiger partial charge in [0.05, 0.1) is 11.7 Å². The molecule has 1 aromatic heterocycles. The van der Waals surface area contributed by atoms with Crippen LogP contribution in [0.2, 0.25) is 0 Å². The lowest BCUT2D eigenvalue weighted by molar-refractivity contribution is -0.132. The van der Waals surface area contributed by atoms with Gasteiger partial charge in [0.1, 0.15) is 0 Å². The van der Waals surface area contributed by atoms with Crippen molar-refractivity contribution < 1.29 is 9.32 Å². The molecule has 0 bridgehead atoms. The maximum atomic E-state index is 12.8.